The monoisotopic (exact) mass is 1600 g/mol. The smallest absolute Gasteiger partial charge is 0.383 e. The topological polar surface area (TPSA) is 191 Å². The second-order valence-electron chi connectivity index (χ2n) is 35.9. The molecule has 9 aliphatic heterocycles. The Balaban J connectivity index is 0.0000000893. The zero-order valence-corrected chi connectivity index (χ0v) is 71.2. The van der Waals surface area contributed by atoms with Crippen molar-refractivity contribution in [3.63, 3.8) is 0 Å². The first-order chi connectivity index (χ1) is 58.5. The van der Waals surface area contributed by atoms with Crippen molar-refractivity contribution in [2.45, 2.75) is 248 Å². The van der Waals surface area contributed by atoms with Crippen LogP contribution >= 0.6 is 0 Å². The summed E-state index contributed by atoms with van der Waals surface area (Å²) in [4.78, 5) is 0. The van der Waals surface area contributed by atoms with Crippen LogP contribution in [0.15, 0.2) is 218 Å². The third kappa shape index (κ3) is 17.3. The van der Waals surface area contributed by atoms with Gasteiger partial charge in [0.1, 0.15) is 0 Å². The van der Waals surface area contributed by atoms with Gasteiger partial charge in [-0.05, 0) is 218 Å². The van der Waals surface area contributed by atoms with Crippen LogP contribution in [0.25, 0.3) is 0 Å². The fraction of sp³-hybridized carbons (Fsp3) is 0.419. The van der Waals surface area contributed by atoms with E-state index in [-0.39, 0.29) is 63.5 Å². The van der Waals surface area contributed by atoms with Crippen LogP contribution in [0.1, 0.15) is 175 Å². The Morgan fingerprint density at radius 3 is 0.500 bits per heavy atom. The molecule has 9 aliphatic carbocycles. The largest absolute Gasteiger partial charge is 0.416 e. The van der Waals surface area contributed by atoms with Gasteiger partial charge in [-0.1, -0.05) is 239 Å². The molecular formula is C93H114B9N9O9. The summed E-state index contributed by atoms with van der Waals surface area (Å²) in [6.45, 7) is 21.0. The van der Waals surface area contributed by atoms with Crippen LogP contribution in [-0.2, 0) is 99.7 Å². The first kappa shape index (κ1) is 82.5. The van der Waals surface area contributed by atoms with Gasteiger partial charge in [0.05, 0.1) is 54.9 Å². The molecule has 0 saturated carbocycles. The first-order valence-corrected chi connectivity index (χ1v) is 45.0. The standard InChI is InChI=1S/C13H18BNO.8C10H12BNO/c1-3-9(2)14-15-13-11-7-5-4-6-10(11)8-12(13)16-14;8*1-11-12-10-8-5-3-2-4-7(8)6-9(10)13-11/h4-7,9,12-13,15H,3,8H2,1-2H3;8*2-5,9-10,12H,6H2,1H3/t9?,12-,13+;5*9-,10+;;;/m111000.../s1. The average Bonchev–Trinajstić information content (AvgIpc) is 1.59. The quantitative estimate of drug-likeness (QED) is 0.0742. The molecule has 27 rings (SSSR count). The molecule has 19 atom stereocenters. The van der Waals surface area contributed by atoms with E-state index in [1.165, 1.54) is 107 Å². The van der Waals surface area contributed by atoms with Crippen LogP contribution in [0, 0.1) is 0 Å². The number of nitrogens with one attached hydrogen (secondary N) is 9. The highest BCUT2D eigenvalue weighted by Crippen LogP contribution is 2.45. The maximum atomic E-state index is 6.11. The molecule has 18 nitrogen and oxygen atoms in total. The lowest BCUT2D eigenvalue weighted by atomic mass is 9.67. The van der Waals surface area contributed by atoms with E-state index in [1.807, 2.05) is 0 Å². The molecule has 0 amide bonds. The van der Waals surface area contributed by atoms with Crippen molar-refractivity contribution >= 4 is 63.5 Å². The van der Waals surface area contributed by atoms with Crippen molar-refractivity contribution in [3.8, 4) is 0 Å². The van der Waals surface area contributed by atoms with Gasteiger partial charge in [0.15, 0.2) is 0 Å². The van der Waals surface area contributed by atoms with Crippen LogP contribution < -0.4 is 47.1 Å². The summed E-state index contributed by atoms with van der Waals surface area (Å²) in [7, 11) is 1.94. The van der Waals surface area contributed by atoms with Gasteiger partial charge in [-0.15, -0.1) is 0 Å². The molecule has 18 aliphatic rings. The van der Waals surface area contributed by atoms with E-state index in [4.69, 9.17) is 41.9 Å². The Hall–Kier alpha value is -7.16. The summed E-state index contributed by atoms with van der Waals surface area (Å²) in [5, 5.41) is 31.2. The lowest BCUT2D eigenvalue weighted by Gasteiger charge is -2.14. The second kappa shape index (κ2) is 36.2. The molecule has 0 bridgehead atoms. The van der Waals surface area contributed by atoms with Gasteiger partial charge in [-0.3, -0.25) is 0 Å². The number of benzene rings is 9. The van der Waals surface area contributed by atoms with Crippen LogP contribution in [0.5, 0.6) is 0 Å². The van der Waals surface area contributed by atoms with Crippen molar-refractivity contribution in [1.82, 2.24) is 47.1 Å². The molecule has 7 unspecified atom stereocenters. The van der Waals surface area contributed by atoms with Gasteiger partial charge < -0.3 is 88.9 Å². The van der Waals surface area contributed by atoms with E-state index < -0.39 is 0 Å². The van der Waals surface area contributed by atoms with Crippen LogP contribution in [0.3, 0.4) is 0 Å². The summed E-state index contributed by atoms with van der Waals surface area (Å²) in [5.41, 5.74) is 25.8. The third-order valence-electron chi connectivity index (χ3n) is 27.8. The third-order valence-corrected chi connectivity index (χ3v) is 27.8. The highest BCUT2D eigenvalue weighted by atomic mass is 16.5. The second-order valence-corrected chi connectivity index (χ2v) is 35.9. The Labute approximate surface area is 714 Å². The summed E-state index contributed by atoms with van der Waals surface area (Å²) >= 11 is 0. The van der Waals surface area contributed by atoms with Crippen LogP contribution in [0.4, 0.5) is 0 Å². The molecule has 0 radical (unpaired) electrons. The Morgan fingerprint density at radius 1 is 0.217 bits per heavy atom. The number of hydrogen-bond acceptors (Lipinski definition) is 18. The van der Waals surface area contributed by atoms with E-state index in [0.717, 1.165) is 57.8 Å². The minimum absolute atomic E-state index is 0.211. The zero-order valence-electron chi connectivity index (χ0n) is 71.2. The highest BCUT2D eigenvalue weighted by Gasteiger charge is 2.50. The predicted molar refractivity (Wildman–Crippen MR) is 486 cm³/mol. The minimum Gasteiger partial charge on any atom is -0.416 e. The van der Waals surface area contributed by atoms with E-state index in [2.05, 4.69) is 334 Å². The van der Waals surface area contributed by atoms with E-state index in [9.17, 15) is 0 Å². The van der Waals surface area contributed by atoms with Crippen molar-refractivity contribution in [2.75, 3.05) is 0 Å². The summed E-state index contributed by atoms with van der Waals surface area (Å²) < 4.78 is 52.2. The highest BCUT2D eigenvalue weighted by molar-refractivity contribution is 6.52. The van der Waals surface area contributed by atoms with Crippen molar-refractivity contribution in [1.29, 1.82) is 0 Å². The zero-order chi connectivity index (χ0) is 81.8. The summed E-state index contributed by atoms with van der Waals surface area (Å²) in [6, 6.07) is 81.4. The first-order valence-electron chi connectivity index (χ1n) is 45.0. The Kier molecular flexibility index (Phi) is 24.9. The van der Waals surface area contributed by atoms with Crippen LogP contribution in [-0.4, -0.2) is 118 Å². The Bertz CT molecular complexity index is 4270. The molecule has 0 aromatic heterocycles. The van der Waals surface area contributed by atoms with E-state index in [1.54, 1.807) is 0 Å². The SMILES string of the molecule is CB1NC2c3ccccc3CC2O1.CB1NC2c3ccccc3CC2O1.CB1NC2c3ccccc3CC2O1.CB1N[C@@H]2c3ccccc3C[C@@H]2O1.CB1N[C@@H]2c3ccccc3C[C@@H]2O1.CB1N[C@@H]2c3ccccc3C[C@@H]2O1.CB1N[C@H]2c3ccccc3C[C@H]2O1.CB1N[C@H]2c3ccccc3C[C@H]2O1.CCC(C)B1N[C@H]2c3ccccc3C[C@H]2O1. The number of rotatable bonds is 2. The number of fused-ring (bicyclic) bond motifs is 27. The van der Waals surface area contributed by atoms with Crippen molar-refractivity contribution in [3.05, 3.63) is 319 Å². The molecule has 0 spiro atoms. The molecule has 9 aromatic rings. The van der Waals surface area contributed by atoms with Gasteiger partial charge in [-0.2, -0.15) is 0 Å². The lowest BCUT2D eigenvalue weighted by Crippen LogP contribution is -2.33. The van der Waals surface area contributed by atoms with Gasteiger partial charge in [0, 0.05) is 54.4 Å². The molecule has 612 valence electrons. The van der Waals surface area contributed by atoms with Gasteiger partial charge in [0.2, 0.25) is 0 Å². The molecule has 9 heterocycles. The maximum Gasteiger partial charge on any atom is 0.383 e. The fourth-order valence-corrected chi connectivity index (χ4v) is 22.3. The average molecular weight is 1600 g/mol. The molecule has 9 fully saturated rings. The molecule has 9 aromatic carbocycles. The van der Waals surface area contributed by atoms with Gasteiger partial charge in [0.25, 0.3) is 0 Å². The lowest BCUT2D eigenvalue weighted by molar-refractivity contribution is 0.221. The summed E-state index contributed by atoms with van der Waals surface area (Å²) in [6.07, 6.45) is 14.1. The molecule has 120 heavy (non-hydrogen) atoms. The van der Waals surface area contributed by atoms with E-state index >= 15 is 0 Å². The van der Waals surface area contributed by atoms with E-state index in [0.29, 0.717) is 115 Å². The predicted octanol–water partition coefficient (Wildman–Crippen LogP) is 13.7. The minimum atomic E-state index is 0.211. The van der Waals surface area contributed by atoms with Crippen molar-refractivity contribution < 1.29 is 41.9 Å². The maximum absolute atomic E-state index is 6.11. The van der Waals surface area contributed by atoms with Crippen LogP contribution in [0.2, 0.25) is 60.4 Å². The molecular weight excluding hydrogens is 1480 g/mol. The number of hydrogen-bond donors (Lipinski definition) is 9. The summed E-state index contributed by atoms with van der Waals surface area (Å²) in [5.74, 6) is 0.595. The molecule has 27 heteroatoms. The Morgan fingerprint density at radius 2 is 0.350 bits per heavy atom. The normalized spacial score (nSPS) is 30.2. The molecule has 9 N–H and O–H groups in total. The van der Waals surface area contributed by atoms with Gasteiger partial charge >= 0.3 is 63.5 Å². The van der Waals surface area contributed by atoms with Gasteiger partial charge in [-0.25, -0.2) is 0 Å². The van der Waals surface area contributed by atoms with Crippen molar-refractivity contribution in [2.24, 2.45) is 0 Å². The molecule has 9 saturated heterocycles. The fourth-order valence-electron chi connectivity index (χ4n) is 22.3.